The number of anilines is 1. The second kappa shape index (κ2) is 6.23. The smallest absolute Gasteiger partial charge is 0.369 e. The number of nitrogens with zero attached hydrogens (tertiary/aromatic N) is 3. The van der Waals surface area contributed by atoms with Gasteiger partial charge in [0.15, 0.2) is 11.2 Å². The van der Waals surface area contributed by atoms with Crippen molar-refractivity contribution in [3.63, 3.8) is 0 Å². The molecule has 1 aliphatic heterocycles. The number of thioether (sulfide) groups is 1. The second-order valence-electron chi connectivity index (χ2n) is 4.81. The zero-order valence-corrected chi connectivity index (χ0v) is 13.4. The van der Waals surface area contributed by atoms with Crippen molar-refractivity contribution >= 4 is 36.7 Å². The number of ether oxygens (including phenoxy) is 1. The van der Waals surface area contributed by atoms with Gasteiger partial charge in [0.25, 0.3) is 5.56 Å². The molecule has 1 aliphatic rings. The number of phosphoric ester groups is 1. The van der Waals surface area contributed by atoms with E-state index >= 15 is 0 Å². The van der Waals surface area contributed by atoms with Gasteiger partial charge in [0.2, 0.25) is 5.95 Å². The van der Waals surface area contributed by atoms with Crippen LogP contribution in [0, 0.1) is 0 Å². The van der Waals surface area contributed by atoms with Crippen molar-refractivity contribution in [3.8, 4) is 0 Å². The van der Waals surface area contributed by atoms with Crippen molar-refractivity contribution in [2.24, 2.45) is 0 Å². The molecule has 23 heavy (non-hydrogen) atoms. The van der Waals surface area contributed by atoms with Gasteiger partial charge in [0, 0.05) is 11.5 Å². The molecule has 2 unspecified atom stereocenters. The van der Waals surface area contributed by atoms with Gasteiger partial charge in [0.1, 0.15) is 6.23 Å². The average molecular weight is 363 g/mol. The topological polar surface area (TPSA) is 166 Å². The van der Waals surface area contributed by atoms with Crippen molar-refractivity contribution in [1.82, 2.24) is 19.5 Å². The van der Waals surface area contributed by atoms with Crippen LogP contribution in [0.3, 0.4) is 0 Å². The molecular formula is C10H14N5O6PS. The van der Waals surface area contributed by atoms with E-state index in [1.807, 2.05) is 0 Å². The maximum atomic E-state index is 11.8. The summed E-state index contributed by atoms with van der Waals surface area (Å²) in [6.45, 7) is -0.240. The molecule has 3 heterocycles. The molecule has 0 amide bonds. The van der Waals surface area contributed by atoms with Gasteiger partial charge in [-0.3, -0.25) is 18.9 Å². The van der Waals surface area contributed by atoms with Crippen molar-refractivity contribution < 1.29 is 23.6 Å². The van der Waals surface area contributed by atoms with Crippen LogP contribution in [0.1, 0.15) is 6.23 Å². The van der Waals surface area contributed by atoms with E-state index in [0.29, 0.717) is 11.5 Å². The molecule has 1 saturated heterocycles. The molecule has 3 rings (SSSR count). The Labute approximate surface area is 133 Å². The van der Waals surface area contributed by atoms with Crippen molar-refractivity contribution in [2.45, 2.75) is 12.3 Å². The third kappa shape index (κ3) is 3.74. The monoisotopic (exact) mass is 363 g/mol. The predicted octanol–water partition coefficient (Wildman–Crippen LogP) is -0.558. The van der Waals surface area contributed by atoms with Crippen molar-refractivity contribution in [3.05, 3.63) is 16.7 Å². The summed E-state index contributed by atoms with van der Waals surface area (Å²) in [4.78, 5) is 39.7. The van der Waals surface area contributed by atoms with E-state index in [2.05, 4.69) is 19.5 Å². The number of aromatic nitrogens is 4. The Balaban J connectivity index is 1.82. The van der Waals surface area contributed by atoms with E-state index in [0.717, 1.165) is 0 Å². The number of hydrogen-bond acceptors (Lipinski definition) is 8. The lowest BCUT2D eigenvalue weighted by Gasteiger charge is -2.30. The molecule has 0 aliphatic carbocycles. The number of nitrogen functional groups attached to an aromatic ring is 1. The van der Waals surface area contributed by atoms with Gasteiger partial charge in [-0.15, -0.1) is 0 Å². The molecule has 13 heteroatoms. The van der Waals surface area contributed by atoms with Crippen LogP contribution < -0.4 is 11.3 Å². The summed E-state index contributed by atoms with van der Waals surface area (Å²) in [7, 11) is -4.55. The SMILES string of the molecule is Nc1nc2c(ncn2C2CSCC(COP(=O)(O)O)O2)c(=O)[nH]1. The number of hydrogen-bond donors (Lipinski definition) is 4. The molecule has 2 atom stereocenters. The Morgan fingerprint density at radius 3 is 3.09 bits per heavy atom. The lowest BCUT2D eigenvalue weighted by molar-refractivity contribution is -0.0540. The highest BCUT2D eigenvalue weighted by molar-refractivity contribution is 7.99. The fourth-order valence-corrected chi connectivity index (χ4v) is 3.54. The molecule has 0 bridgehead atoms. The third-order valence-corrected chi connectivity index (χ3v) is 4.72. The Morgan fingerprint density at radius 1 is 1.57 bits per heavy atom. The summed E-state index contributed by atoms with van der Waals surface area (Å²) < 4.78 is 22.6. The molecule has 1 fully saturated rings. The zero-order valence-electron chi connectivity index (χ0n) is 11.7. The lowest BCUT2D eigenvalue weighted by atomic mass is 10.4. The lowest BCUT2D eigenvalue weighted by Crippen LogP contribution is -2.32. The molecular weight excluding hydrogens is 349 g/mol. The number of aromatic amines is 1. The number of fused-ring (bicyclic) bond motifs is 1. The first-order valence-electron chi connectivity index (χ1n) is 6.49. The van der Waals surface area contributed by atoms with Crippen molar-refractivity contribution in [1.29, 1.82) is 0 Å². The van der Waals surface area contributed by atoms with Crippen LogP contribution in [0.5, 0.6) is 0 Å². The molecule has 11 nitrogen and oxygen atoms in total. The first-order valence-corrected chi connectivity index (χ1v) is 9.17. The van der Waals surface area contributed by atoms with Crippen LogP contribution in [-0.2, 0) is 13.8 Å². The maximum Gasteiger partial charge on any atom is 0.469 e. The van der Waals surface area contributed by atoms with Gasteiger partial charge < -0.3 is 20.3 Å². The molecule has 2 aromatic heterocycles. The van der Waals surface area contributed by atoms with Crippen LogP contribution in [0.2, 0.25) is 0 Å². The number of imidazole rings is 1. The molecule has 0 aromatic carbocycles. The van der Waals surface area contributed by atoms with Gasteiger partial charge in [-0.2, -0.15) is 16.7 Å². The van der Waals surface area contributed by atoms with Gasteiger partial charge in [0.05, 0.1) is 19.0 Å². The summed E-state index contributed by atoms with van der Waals surface area (Å²) >= 11 is 1.53. The van der Waals surface area contributed by atoms with Gasteiger partial charge in [-0.05, 0) is 0 Å². The number of nitrogens with two attached hydrogens (primary N) is 1. The van der Waals surface area contributed by atoms with Crippen LogP contribution in [0.15, 0.2) is 11.1 Å². The van der Waals surface area contributed by atoms with E-state index in [1.165, 1.54) is 18.1 Å². The van der Waals surface area contributed by atoms with Crippen LogP contribution >= 0.6 is 19.6 Å². The summed E-state index contributed by atoms with van der Waals surface area (Å²) in [5.41, 5.74) is 5.52. The number of phosphoric acid groups is 1. The average Bonchev–Trinajstić information content (AvgIpc) is 2.89. The Bertz CT molecular complexity index is 818. The van der Waals surface area contributed by atoms with E-state index in [4.69, 9.17) is 20.3 Å². The second-order valence-corrected chi connectivity index (χ2v) is 7.13. The maximum absolute atomic E-state index is 11.8. The fraction of sp³-hybridized carbons (Fsp3) is 0.500. The van der Waals surface area contributed by atoms with Crippen LogP contribution in [0.25, 0.3) is 11.2 Å². The highest BCUT2D eigenvalue weighted by atomic mass is 32.2. The van der Waals surface area contributed by atoms with Gasteiger partial charge in [-0.25, -0.2) is 9.55 Å². The summed E-state index contributed by atoms with van der Waals surface area (Å²) in [5, 5.41) is 0. The quantitative estimate of drug-likeness (QED) is 0.517. The number of nitrogens with one attached hydrogen (secondary N) is 1. The van der Waals surface area contributed by atoms with Gasteiger partial charge in [-0.1, -0.05) is 0 Å². The molecule has 0 spiro atoms. The number of H-pyrrole nitrogens is 1. The molecule has 5 N–H and O–H groups in total. The highest BCUT2D eigenvalue weighted by Crippen LogP contribution is 2.37. The summed E-state index contributed by atoms with van der Waals surface area (Å²) in [6.07, 6.45) is 0.407. The molecule has 2 aromatic rings. The minimum Gasteiger partial charge on any atom is -0.369 e. The molecule has 0 radical (unpaired) electrons. The first kappa shape index (κ1) is 16.4. The van der Waals surface area contributed by atoms with E-state index in [1.54, 1.807) is 4.57 Å². The Hall–Kier alpha value is -1.43. The summed E-state index contributed by atoms with van der Waals surface area (Å²) in [6, 6.07) is 0. The predicted molar refractivity (Wildman–Crippen MR) is 81.8 cm³/mol. The first-order chi connectivity index (χ1) is 10.8. The van der Waals surface area contributed by atoms with E-state index < -0.39 is 25.7 Å². The van der Waals surface area contributed by atoms with Gasteiger partial charge >= 0.3 is 7.82 Å². The normalized spacial score (nSPS) is 22.5. The van der Waals surface area contributed by atoms with Crippen LogP contribution in [0.4, 0.5) is 5.95 Å². The van der Waals surface area contributed by atoms with Crippen LogP contribution in [-0.4, -0.2) is 53.5 Å². The van der Waals surface area contributed by atoms with E-state index in [-0.39, 0.29) is 23.7 Å². The molecule has 126 valence electrons. The third-order valence-electron chi connectivity index (χ3n) is 3.10. The fourth-order valence-electron chi connectivity index (χ4n) is 2.17. The molecule has 0 saturated carbocycles. The largest absolute Gasteiger partial charge is 0.469 e. The minimum absolute atomic E-state index is 0.0332. The van der Waals surface area contributed by atoms with E-state index in [9.17, 15) is 9.36 Å². The Morgan fingerprint density at radius 2 is 2.35 bits per heavy atom. The standard InChI is InChI=1S/C10H14N5O6PS/c11-10-13-8-7(9(16)14-10)12-4-15(8)6-3-23-2-5(21-6)1-20-22(17,18)19/h4-6H,1-3H2,(H2,17,18,19)(H3,11,13,14,16). The number of rotatable bonds is 4. The zero-order chi connectivity index (χ0) is 16.6. The minimum atomic E-state index is -4.55. The van der Waals surface area contributed by atoms with Crippen molar-refractivity contribution in [2.75, 3.05) is 23.8 Å². The summed E-state index contributed by atoms with van der Waals surface area (Å²) in [5.74, 6) is 1.06. The Kier molecular flexibility index (Phi) is 4.45. The highest BCUT2D eigenvalue weighted by Gasteiger charge is 2.28.